The standard InChI is InChI=1S/C14H19BrClNO/c1-9(2)14(3,4)8-17-13(18)10-5-6-12(16)11(15)7-10/h5-7,9H,8H2,1-4H3,(H,17,18). The van der Waals surface area contributed by atoms with Crippen LogP contribution in [-0.4, -0.2) is 12.5 Å². The molecule has 0 saturated carbocycles. The van der Waals surface area contributed by atoms with Gasteiger partial charge in [0, 0.05) is 16.6 Å². The second kappa shape index (κ2) is 6.07. The molecule has 1 amide bonds. The van der Waals surface area contributed by atoms with Crippen molar-refractivity contribution >= 4 is 33.4 Å². The van der Waals surface area contributed by atoms with Gasteiger partial charge in [0.15, 0.2) is 0 Å². The van der Waals surface area contributed by atoms with E-state index in [1.165, 1.54) is 0 Å². The van der Waals surface area contributed by atoms with E-state index < -0.39 is 0 Å². The lowest BCUT2D eigenvalue weighted by Crippen LogP contribution is -2.36. The second-order valence-corrected chi connectivity index (χ2v) is 6.72. The van der Waals surface area contributed by atoms with E-state index in [0.717, 1.165) is 4.47 Å². The maximum Gasteiger partial charge on any atom is 0.251 e. The van der Waals surface area contributed by atoms with Gasteiger partial charge in [0.25, 0.3) is 5.91 Å². The molecule has 4 heteroatoms. The van der Waals surface area contributed by atoms with E-state index in [0.29, 0.717) is 23.0 Å². The summed E-state index contributed by atoms with van der Waals surface area (Å²) in [6, 6.07) is 5.18. The zero-order chi connectivity index (χ0) is 13.9. The van der Waals surface area contributed by atoms with Gasteiger partial charge in [0.1, 0.15) is 0 Å². The van der Waals surface area contributed by atoms with Crippen LogP contribution in [0, 0.1) is 11.3 Å². The van der Waals surface area contributed by atoms with Gasteiger partial charge in [-0.05, 0) is 45.5 Å². The molecular weight excluding hydrogens is 314 g/mol. The van der Waals surface area contributed by atoms with Gasteiger partial charge in [-0.25, -0.2) is 0 Å². The molecule has 1 aromatic carbocycles. The predicted molar refractivity (Wildman–Crippen MR) is 80.1 cm³/mol. The molecule has 0 unspecified atom stereocenters. The summed E-state index contributed by atoms with van der Waals surface area (Å²) in [5.41, 5.74) is 0.699. The Bertz CT molecular complexity index is 443. The number of hydrogen-bond acceptors (Lipinski definition) is 1. The highest BCUT2D eigenvalue weighted by molar-refractivity contribution is 9.10. The molecule has 0 atom stereocenters. The normalized spacial score (nSPS) is 11.7. The smallest absolute Gasteiger partial charge is 0.251 e. The molecular formula is C14H19BrClNO. The number of rotatable bonds is 4. The second-order valence-electron chi connectivity index (χ2n) is 5.45. The summed E-state index contributed by atoms with van der Waals surface area (Å²) in [6.45, 7) is 9.27. The molecule has 0 fully saturated rings. The van der Waals surface area contributed by atoms with Gasteiger partial charge >= 0.3 is 0 Å². The number of halogens is 2. The number of nitrogens with one attached hydrogen (secondary N) is 1. The van der Waals surface area contributed by atoms with Gasteiger partial charge < -0.3 is 5.32 Å². The fourth-order valence-electron chi connectivity index (χ4n) is 1.25. The van der Waals surface area contributed by atoms with Crippen molar-refractivity contribution in [2.45, 2.75) is 27.7 Å². The molecule has 1 aromatic rings. The zero-order valence-corrected chi connectivity index (χ0v) is 13.5. The first-order chi connectivity index (χ1) is 8.24. The van der Waals surface area contributed by atoms with E-state index in [1.807, 2.05) is 0 Å². The highest BCUT2D eigenvalue weighted by atomic mass is 79.9. The van der Waals surface area contributed by atoms with Crippen molar-refractivity contribution in [1.82, 2.24) is 5.32 Å². The Morgan fingerprint density at radius 3 is 2.56 bits per heavy atom. The lowest BCUT2D eigenvalue weighted by Gasteiger charge is -2.29. The van der Waals surface area contributed by atoms with Crippen LogP contribution in [0.25, 0.3) is 0 Å². The van der Waals surface area contributed by atoms with E-state index >= 15 is 0 Å². The Kier molecular flexibility index (Phi) is 5.23. The number of carbonyl (C=O) groups is 1. The van der Waals surface area contributed by atoms with E-state index in [-0.39, 0.29) is 11.3 Å². The number of amides is 1. The number of hydrogen-bond donors (Lipinski definition) is 1. The third kappa shape index (κ3) is 3.99. The van der Waals surface area contributed by atoms with E-state index in [1.54, 1.807) is 18.2 Å². The predicted octanol–water partition coefficient (Wildman–Crippen LogP) is 4.51. The summed E-state index contributed by atoms with van der Waals surface area (Å²) < 4.78 is 0.736. The average Bonchev–Trinajstić information content (AvgIpc) is 2.29. The molecule has 2 nitrogen and oxygen atoms in total. The molecule has 1 rings (SSSR count). The van der Waals surface area contributed by atoms with Crippen LogP contribution in [0.3, 0.4) is 0 Å². The summed E-state index contributed by atoms with van der Waals surface area (Å²) in [5.74, 6) is 0.441. The zero-order valence-electron chi connectivity index (χ0n) is 11.2. The number of carbonyl (C=O) groups excluding carboxylic acids is 1. The minimum atomic E-state index is -0.0684. The molecule has 0 bridgehead atoms. The minimum absolute atomic E-state index is 0.0684. The fraction of sp³-hybridized carbons (Fsp3) is 0.500. The summed E-state index contributed by atoms with van der Waals surface area (Å²) in [5, 5.41) is 3.57. The molecule has 0 saturated heterocycles. The highest BCUT2D eigenvalue weighted by Gasteiger charge is 2.23. The summed E-state index contributed by atoms with van der Waals surface area (Å²) in [6.07, 6.45) is 0. The van der Waals surface area contributed by atoms with Crippen LogP contribution in [0.5, 0.6) is 0 Å². The first-order valence-corrected chi connectivity index (χ1v) is 7.14. The third-order valence-electron chi connectivity index (χ3n) is 3.45. The molecule has 0 aliphatic rings. The van der Waals surface area contributed by atoms with Crippen LogP contribution in [0.2, 0.25) is 5.02 Å². The van der Waals surface area contributed by atoms with Crippen LogP contribution in [-0.2, 0) is 0 Å². The Morgan fingerprint density at radius 2 is 2.06 bits per heavy atom. The van der Waals surface area contributed by atoms with Crippen molar-refractivity contribution in [2.75, 3.05) is 6.54 Å². The topological polar surface area (TPSA) is 29.1 Å². The van der Waals surface area contributed by atoms with E-state index in [2.05, 4.69) is 48.9 Å². The van der Waals surface area contributed by atoms with Gasteiger partial charge in [0.05, 0.1) is 5.02 Å². The van der Waals surface area contributed by atoms with Gasteiger partial charge in [-0.15, -0.1) is 0 Å². The molecule has 0 aliphatic heterocycles. The molecule has 1 N–H and O–H groups in total. The summed E-state index contributed by atoms with van der Waals surface area (Å²) in [7, 11) is 0. The number of benzene rings is 1. The van der Waals surface area contributed by atoms with Gasteiger partial charge in [-0.3, -0.25) is 4.79 Å². The monoisotopic (exact) mass is 331 g/mol. The fourth-order valence-corrected chi connectivity index (χ4v) is 1.75. The first-order valence-electron chi connectivity index (χ1n) is 5.97. The SMILES string of the molecule is CC(C)C(C)(C)CNC(=O)c1ccc(Cl)c(Br)c1. The largest absolute Gasteiger partial charge is 0.351 e. The first kappa shape index (κ1) is 15.5. The molecule has 0 heterocycles. The molecule has 100 valence electrons. The maximum atomic E-state index is 12.0. The van der Waals surface area contributed by atoms with Crippen molar-refractivity contribution in [2.24, 2.45) is 11.3 Å². The van der Waals surface area contributed by atoms with Crippen LogP contribution < -0.4 is 5.32 Å². The van der Waals surface area contributed by atoms with Crippen molar-refractivity contribution in [3.63, 3.8) is 0 Å². The van der Waals surface area contributed by atoms with Crippen LogP contribution in [0.4, 0.5) is 0 Å². The van der Waals surface area contributed by atoms with Crippen LogP contribution in [0.1, 0.15) is 38.1 Å². The Balaban J connectivity index is 2.69. The van der Waals surface area contributed by atoms with Gasteiger partial charge in [-0.2, -0.15) is 0 Å². The molecule has 0 aromatic heterocycles. The van der Waals surface area contributed by atoms with Crippen molar-refractivity contribution in [1.29, 1.82) is 0 Å². The molecule has 18 heavy (non-hydrogen) atoms. The lowest BCUT2D eigenvalue weighted by atomic mass is 9.81. The summed E-state index contributed by atoms with van der Waals surface area (Å²) in [4.78, 5) is 12.0. The van der Waals surface area contributed by atoms with Gasteiger partial charge in [-0.1, -0.05) is 39.3 Å². The van der Waals surface area contributed by atoms with Gasteiger partial charge in [0.2, 0.25) is 0 Å². The average molecular weight is 333 g/mol. The summed E-state index contributed by atoms with van der Waals surface area (Å²) >= 11 is 9.21. The Morgan fingerprint density at radius 1 is 1.44 bits per heavy atom. The van der Waals surface area contributed by atoms with Crippen molar-refractivity contribution in [3.8, 4) is 0 Å². The highest BCUT2D eigenvalue weighted by Crippen LogP contribution is 2.25. The Hall–Kier alpha value is -0.540. The third-order valence-corrected chi connectivity index (χ3v) is 4.66. The molecule has 0 radical (unpaired) electrons. The van der Waals surface area contributed by atoms with E-state index in [4.69, 9.17) is 11.6 Å². The quantitative estimate of drug-likeness (QED) is 0.863. The van der Waals surface area contributed by atoms with E-state index in [9.17, 15) is 4.79 Å². The van der Waals surface area contributed by atoms with Crippen LogP contribution in [0.15, 0.2) is 22.7 Å². The molecule has 0 spiro atoms. The minimum Gasteiger partial charge on any atom is -0.351 e. The maximum absolute atomic E-state index is 12.0. The van der Waals surface area contributed by atoms with Crippen molar-refractivity contribution < 1.29 is 4.79 Å². The van der Waals surface area contributed by atoms with Crippen molar-refractivity contribution in [3.05, 3.63) is 33.3 Å². The lowest BCUT2D eigenvalue weighted by molar-refractivity contribution is 0.0924. The van der Waals surface area contributed by atoms with Crippen LogP contribution >= 0.6 is 27.5 Å². The Labute approximate surface area is 122 Å². The molecule has 0 aliphatic carbocycles.